The Morgan fingerprint density at radius 3 is 2.48 bits per heavy atom. The average molecular weight is 426 g/mol. The minimum absolute atomic E-state index is 0.287. The summed E-state index contributed by atoms with van der Waals surface area (Å²) in [5, 5.41) is 0. The molecule has 3 unspecified atom stereocenters. The minimum atomic E-state index is 0.287. The van der Waals surface area contributed by atoms with Crippen molar-refractivity contribution in [2.75, 3.05) is 49.2 Å². The van der Waals surface area contributed by atoms with Gasteiger partial charge in [-0.2, -0.15) is 0 Å². The monoisotopic (exact) mass is 425 g/mol. The quantitative estimate of drug-likeness (QED) is 0.678. The van der Waals surface area contributed by atoms with Gasteiger partial charge >= 0.3 is 0 Å². The number of fused-ring (bicyclic) bond motifs is 2. The molecule has 5 aliphatic heterocycles. The Labute approximate surface area is 187 Å². The molecule has 5 heteroatoms. The van der Waals surface area contributed by atoms with Crippen LogP contribution in [0.5, 0.6) is 0 Å². The Balaban J connectivity index is 1.10. The molecule has 5 aliphatic rings. The molecule has 170 valence electrons. The van der Waals surface area contributed by atoms with Gasteiger partial charge in [0, 0.05) is 61.7 Å². The second-order valence-electron chi connectivity index (χ2n) is 10.8. The third kappa shape index (κ3) is 3.57. The van der Waals surface area contributed by atoms with E-state index >= 15 is 0 Å². The Bertz CT molecular complexity index is 800. The summed E-state index contributed by atoms with van der Waals surface area (Å²) >= 11 is 0. The van der Waals surface area contributed by atoms with Gasteiger partial charge in [-0.15, -0.1) is 0 Å². The number of likely N-dealkylation sites (tertiary alicyclic amines) is 1. The van der Waals surface area contributed by atoms with E-state index in [1.54, 1.807) is 0 Å². The van der Waals surface area contributed by atoms with Crippen molar-refractivity contribution in [1.29, 1.82) is 0 Å². The minimum Gasteiger partial charge on any atom is -0.381 e. The van der Waals surface area contributed by atoms with Crippen LogP contribution in [0.15, 0.2) is 18.2 Å². The second kappa shape index (κ2) is 7.93. The van der Waals surface area contributed by atoms with Crippen molar-refractivity contribution in [3.8, 4) is 0 Å². The molecule has 0 aliphatic carbocycles. The van der Waals surface area contributed by atoms with Crippen LogP contribution in [0.3, 0.4) is 0 Å². The first-order chi connectivity index (χ1) is 15.1. The van der Waals surface area contributed by atoms with Gasteiger partial charge in [-0.25, -0.2) is 0 Å². The third-order valence-electron chi connectivity index (χ3n) is 9.11. The Hall–Kier alpha value is -1.30. The molecular formula is C26H39N3O2. The zero-order valence-corrected chi connectivity index (χ0v) is 19.4. The molecule has 31 heavy (non-hydrogen) atoms. The first-order valence-electron chi connectivity index (χ1n) is 12.8. The van der Waals surface area contributed by atoms with Crippen LogP contribution in [0.1, 0.15) is 57.4 Å². The molecule has 6 rings (SSSR count). The van der Waals surface area contributed by atoms with Crippen molar-refractivity contribution in [3.05, 3.63) is 23.8 Å². The van der Waals surface area contributed by atoms with E-state index in [1.165, 1.54) is 81.5 Å². The lowest BCUT2D eigenvalue weighted by molar-refractivity contribution is -0.00503. The fourth-order valence-electron chi connectivity index (χ4n) is 7.08. The third-order valence-corrected chi connectivity index (χ3v) is 9.11. The van der Waals surface area contributed by atoms with Crippen LogP contribution in [-0.2, 0) is 9.47 Å². The zero-order chi connectivity index (χ0) is 21.0. The summed E-state index contributed by atoms with van der Waals surface area (Å²) in [4.78, 5) is 7.92. The number of rotatable bonds is 3. The summed E-state index contributed by atoms with van der Waals surface area (Å²) in [6, 6.07) is 8.72. The van der Waals surface area contributed by atoms with Gasteiger partial charge in [-0.05, 0) is 89.1 Å². The predicted molar refractivity (Wildman–Crippen MR) is 125 cm³/mol. The first kappa shape index (κ1) is 20.3. The number of hydrogen-bond acceptors (Lipinski definition) is 5. The lowest BCUT2D eigenvalue weighted by Crippen LogP contribution is -2.47. The molecule has 0 saturated carbocycles. The van der Waals surface area contributed by atoms with Crippen molar-refractivity contribution >= 4 is 11.4 Å². The largest absolute Gasteiger partial charge is 0.381 e. The standard InChI is InChI=1S/C26H39N3O2/c1-19-18-22(27-13-7-21(8-14-27)28-12-3-4-20(28)2)5-6-23(19)29-15-9-26(24-25(29)31-24)10-16-30-17-11-26/h5-6,18,20-21,24-25H,3-4,7-17H2,1-2H3. The van der Waals surface area contributed by atoms with Gasteiger partial charge < -0.3 is 19.3 Å². The topological polar surface area (TPSA) is 31.5 Å². The van der Waals surface area contributed by atoms with Crippen molar-refractivity contribution < 1.29 is 9.47 Å². The fourth-order valence-corrected chi connectivity index (χ4v) is 7.08. The first-order valence-corrected chi connectivity index (χ1v) is 12.8. The summed E-state index contributed by atoms with van der Waals surface area (Å²) in [7, 11) is 0. The normalized spacial score (nSPS) is 33.7. The van der Waals surface area contributed by atoms with Crippen molar-refractivity contribution in [2.45, 2.75) is 83.2 Å². The predicted octanol–water partition coefficient (Wildman–Crippen LogP) is 4.18. The maximum atomic E-state index is 6.26. The lowest BCUT2D eigenvalue weighted by Gasteiger charge is -2.42. The van der Waals surface area contributed by atoms with Gasteiger partial charge in [0.25, 0.3) is 0 Å². The highest BCUT2D eigenvalue weighted by Crippen LogP contribution is 2.53. The molecule has 0 bridgehead atoms. The summed E-state index contributed by atoms with van der Waals surface area (Å²) in [5.74, 6) is 0. The van der Waals surface area contributed by atoms with Gasteiger partial charge in [0.05, 0.1) is 0 Å². The number of benzene rings is 1. The van der Waals surface area contributed by atoms with Gasteiger partial charge in [0.15, 0.2) is 6.23 Å². The highest BCUT2D eigenvalue weighted by molar-refractivity contribution is 5.63. The molecule has 5 heterocycles. The molecule has 1 aromatic rings. The summed E-state index contributed by atoms with van der Waals surface area (Å²) in [6.07, 6.45) is 9.67. The van der Waals surface area contributed by atoms with Gasteiger partial charge in [-0.3, -0.25) is 4.90 Å². The van der Waals surface area contributed by atoms with E-state index in [2.05, 4.69) is 46.7 Å². The molecule has 5 nitrogen and oxygen atoms in total. The maximum absolute atomic E-state index is 6.26. The van der Waals surface area contributed by atoms with E-state index in [0.29, 0.717) is 11.5 Å². The van der Waals surface area contributed by atoms with Crippen molar-refractivity contribution in [2.24, 2.45) is 5.41 Å². The number of nitrogens with zero attached hydrogens (tertiary/aromatic N) is 3. The van der Waals surface area contributed by atoms with E-state index in [9.17, 15) is 0 Å². The Morgan fingerprint density at radius 1 is 0.968 bits per heavy atom. The van der Waals surface area contributed by atoms with E-state index < -0.39 is 0 Å². The molecule has 5 saturated heterocycles. The van der Waals surface area contributed by atoms with Crippen LogP contribution in [-0.4, -0.2) is 68.7 Å². The average Bonchev–Trinajstić information content (AvgIpc) is 3.51. The molecule has 0 aromatic heterocycles. The van der Waals surface area contributed by atoms with Crippen LogP contribution in [0.4, 0.5) is 11.4 Å². The van der Waals surface area contributed by atoms with E-state index in [1.807, 2.05) is 0 Å². The fraction of sp³-hybridized carbons (Fsp3) is 0.769. The molecule has 1 spiro atoms. The highest BCUT2D eigenvalue weighted by atomic mass is 16.6. The molecule has 3 atom stereocenters. The molecule has 5 fully saturated rings. The van der Waals surface area contributed by atoms with Crippen LogP contribution in [0, 0.1) is 12.3 Å². The number of ether oxygens (including phenoxy) is 2. The number of piperidine rings is 2. The smallest absolute Gasteiger partial charge is 0.157 e. The summed E-state index contributed by atoms with van der Waals surface area (Å²) in [6.45, 7) is 11.3. The summed E-state index contributed by atoms with van der Waals surface area (Å²) < 4.78 is 11.9. The maximum Gasteiger partial charge on any atom is 0.157 e. The number of aryl methyl sites for hydroxylation is 1. The van der Waals surface area contributed by atoms with Crippen LogP contribution in [0.25, 0.3) is 0 Å². The van der Waals surface area contributed by atoms with Gasteiger partial charge in [-0.1, -0.05) is 0 Å². The van der Waals surface area contributed by atoms with Crippen molar-refractivity contribution in [1.82, 2.24) is 4.90 Å². The number of epoxide rings is 1. The SMILES string of the molecule is Cc1cc(N2CCC(N3CCCC3C)CC2)ccc1N1CCC2(CCOCC2)C2OC21. The van der Waals surface area contributed by atoms with Crippen LogP contribution in [0.2, 0.25) is 0 Å². The molecule has 0 N–H and O–H groups in total. The molecule has 1 aromatic carbocycles. The molecule has 0 amide bonds. The van der Waals surface area contributed by atoms with Crippen LogP contribution < -0.4 is 9.80 Å². The van der Waals surface area contributed by atoms with Crippen molar-refractivity contribution in [3.63, 3.8) is 0 Å². The number of hydrogen-bond donors (Lipinski definition) is 0. The molecular weight excluding hydrogens is 386 g/mol. The van der Waals surface area contributed by atoms with Gasteiger partial charge in [0.2, 0.25) is 0 Å². The Morgan fingerprint density at radius 2 is 1.77 bits per heavy atom. The van der Waals surface area contributed by atoms with E-state index in [4.69, 9.17) is 9.47 Å². The highest BCUT2D eigenvalue weighted by Gasteiger charge is 2.60. The van der Waals surface area contributed by atoms with Crippen LogP contribution >= 0.6 is 0 Å². The van der Waals surface area contributed by atoms with Gasteiger partial charge in [0.1, 0.15) is 6.10 Å². The zero-order valence-electron chi connectivity index (χ0n) is 19.4. The van der Waals surface area contributed by atoms with E-state index in [0.717, 1.165) is 31.8 Å². The summed E-state index contributed by atoms with van der Waals surface area (Å²) in [5.41, 5.74) is 4.55. The van der Waals surface area contributed by atoms with E-state index in [-0.39, 0.29) is 6.23 Å². The lowest BCUT2D eigenvalue weighted by atomic mass is 9.72. The number of anilines is 2. The second-order valence-corrected chi connectivity index (χ2v) is 10.8. The Kier molecular flexibility index (Phi) is 5.20. The molecule has 0 radical (unpaired) electrons.